The summed E-state index contributed by atoms with van der Waals surface area (Å²) in [4.78, 5) is 2.63. The zero-order valence-corrected chi connectivity index (χ0v) is 12.2. The maximum atomic E-state index is 5.26. The second-order valence-corrected chi connectivity index (χ2v) is 6.30. The van der Waals surface area contributed by atoms with Gasteiger partial charge in [0.05, 0.1) is 6.61 Å². The Hall–Kier alpha value is -0.120. The number of ether oxygens (including phenoxy) is 1. The molecule has 1 heterocycles. The Morgan fingerprint density at radius 3 is 2.33 bits per heavy atom. The maximum Gasteiger partial charge on any atom is 0.0628 e. The van der Waals surface area contributed by atoms with E-state index in [1.807, 2.05) is 7.05 Å². The van der Waals surface area contributed by atoms with Gasteiger partial charge in [-0.05, 0) is 51.2 Å². The third kappa shape index (κ3) is 3.69. The fourth-order valence-electron chi connectivity index (χ4n) is 3.75. The molecule has 1 saturated carbocycles. The van der Waals surface area contributed by atoms with Crippen molar-refractivity contribution < 1.29 is 4.74 Å². The van der Waals surface area contributed by atoms with Crippen molar-refractivity contribution in [1.29, 1.82) is 0 Å². The summed E-state index contributed by atoms with van der Waals surface area (Å²) in [5.41, 5.74) is 0.727. The van der Waals surface area contributed by atoms with Gasteiger partial charge in [-0.3, -0.25) is 0 Å². The summed E-state index contributed by atoms with van der Waals surface area (Å²) < 4.78 is 5.26. The molecule has 0 aromatic carbocycles. The molecule has 0 aromatic rings. The van der Waals surface area contributed by atoms with Gasteiger partial charge in [0.2, 0.25) is 0 Å². The van der Waals surface area contributed by atoms with Crippen LogP contribution in [0.1, 0.15) is 44.9 Å². The third-order valence-electron chi connectivity index (χ3n) is 5.09. The second kappa shape index (κ2) is 6.88. The van der Waals surface area contributed by atoms with Gasteiger partial charge >= 0.3 is 0 Å². The fourth-order valence-corrected chi connectivity index (χ4v) is 3.75. The number of likely N-dealkylation sites (tertiary alicyclic amines) is 1. The normalized spacial score (nSPS) is 26.3. The number of hydrogen-bond donors (Lipinski definition) is 1. The molecule has 1 N–H and O–H groups in total. The van der Waals surface area contributed by atoms with Crippen LogP contribution in [0.3, 0.4) is 0 Å². The molecule has 1 aliphatic heterocycles. The summed E-state index contributed by atoms with van der Waals surface area (Å²) in [6, 6.07) is 0.482. The van der Waals surface area contributed by atoms with Crippen LogP contribution < -0.4 is 5.32 Å². The minimum absolute atomic E-state index is 0.482. The molecule has 2 aliphatic rings. The molecule has 1 saturated heterocycles. The molecular weight excluding hydrogens is 224 g/mol. The Kier molecular flexibility index (Phi) is 5.46. The van der Waals surface area contributed by atoms with Crippen LogP contribution in [-0.2, 0) is 4.74 Å². The van der Waals surface area contributed by atoms with Crippen molar-refractivity contribution in [2.45, 2.75) is 51.0 Å². The molecule has 0 radical (unpaired) electrons. The highest BCUT2D eigenvalue weighted by Crippen LogP contribution is 2.44. The van der Waals surface area contributed by atoms with Crippen LogP contribution in [-0.4, -0.2) is 51.3 Å². The largest absolute Gasteiger partial charge is 0.383 e. The van der Waals surface area contributed by atoms with E-state index in [1.54, 1.807) is 7.11 Å². The van der Waals surface area contributed by atoms with Crippen LogP contribution >= 0.6 is 0 Å². The number of likely N-dealkylation sites (N-methyl/N-ethyl adjacent to an activating group) is 1. The summed E-state index contributed by atoms with van der Waals surface area (Å²) in [7, 11) is 3.83. The van der Waals surface area contributed by atoms with Crippen molar-refractivity contribution in [2.75, 3.05) is 40.4 Å². The molecular formula is C15H30N2O. The van der Waals surface area contributed by atoms with E-state index in [1.165, 1.54) is 58.0 Å². The van der Waals surface area contributed by atoms with Crippen LogP contribution in [0.2, 0.25) is 0 Å². The Labute approximate surface area is 112 Å². The molecule has 18 heavy (non-hydrogen) atoms. The highest BCUT2D eigenvalue weighted by atomic mass is 16.5. The average Bonchev–Trinajstić information content (AvgIpc) is 2.42. The molecule has 3 nitrogen and oxygen atoms in total. The molecule has 0 bridgehead atoms. The summed E-state index contributed by atoms with van der Waals surface area (Å²) in [6.45, 7) is 4.54. The van der Waals surface area contributed by atoms with Crippen molar-refractivity contribution in [1.82, 2.24) is 10.2 Å². The first-order valence-corrected chi connectivity index (χ1v) is 7.66. The van der Waals surface area contributed by atoms with Gasteiger partial charge in [-0.1, -0.05) is 19.3 Å². The predicted molar refractivity (Wildman–Crippen MR) is 75.9 cm³/mol. The second-order valence-electron chi connectivity index (χ2n) is 6.30. The standard InChI is InChI=1S/C15H30N2O/c1-16-14(13-18-2)12-17-10-8-15(9-11-17)6-4-3-5-7-15/h14,16H,3-13H2,1-2H3. The summed E-state index contributed by atoms with van der Waals surface area (Å²) in [5, 5.41) is 3.35. The Balaban J connectivity index is 1.75. The van der Waals surface area contributed by atoms with Crippen LogP contribution in [0.4, 0.5) is 0 Å². The van der Waals surface area contributed by atoms with Gasteiger partial charge in [0.1, 0.15) is 0 Å². The Morgan fingerprint density at radius 2 is 1.78 bits per heavy atom. The van der Waals surface area contributed by atoms with Gasteiger partial charge in [0, 0.05) is 19.7 Å². The van der Waals surface area contributed by atoms with E-state index in [0.717, 1.165) is 18.6 Å². The molecule has 106 valence electrons. The van der Waals surface area contributed by atoms with E-state index in [9.17, 15) is 0 Å². The molecule has 1 atom stereocenters. The SMILES string of the molecule is CNC(COC)CN1CCC2(CCCCC2)CC1. The van der Waals surface area contributed by atoms with E-state index in [0.29, 0.717) is 6.04 Å². The number of nitrogens with zero attached hydrogens (tertiary/aromatic N) is 1. The van der Waals surface area contributed by atoms with E-state index in [2.05, 4.69) is 10.2 Å². The molecule has 0 aromatic heterocycles. The zero-order valence-electron chi connectivity index (χ0n) is 12.2. The van der Waals surface area contributed by atoms with Crippen molar-refractivity contribution >= 4 is 0 Å². The lowest BCUT2D eigenvalue weighted by molar-refractivity contribution is 0.0553. The Morgan fingerprint density at radius 1 is 1.11 bits per heavy atom. The quantitative estimate of drug-likeness (QED) is 0.814. The number of hydrogen-bond acceptors (Lipinski definition) is 3. The van der Waals surface area contributed by atoms with Gasteiger partial charge in [0.15, 0.2) is 0 Å². The van der Waals surface area contributed by atoms with Crippen LogP contribution in [0.5, 0.6) is 0 Å². The summed E-state index contributed by atoms with van der Waals surface area (Å²) in [6.07, 6.45) is 10.3. The van der Waals surface area contributed by atoms with Crippen molar-refractivity contribution in [3.8, 4) is 0 Å². The molecule has 1 aliphatic carbocycles. The van der Waals surface area contributed by atoms with Gasteiger partial charge < -0.3 is 15.0 Å². The predicted octanol–water partition coefficient (Wildman–Crippen LogP) is 2.27. The molecule has 3 heteroatoms. The molecule has 0 amide bonds. The first-order chi connectivity index (χ1) is 8.78. The van der Waals surface area contributed by atoms with Gasteiger partial charge in [-0.25, -0.2) is 0 Å². The lowest BCUT2D eigenvalue weighted by Crippen LogP contribution is -2.47. The third-order valence-corrected chi connectivity index (χ3v) is 5.09. The highest BCUT2D eigenvalue weighted by molar-refractivity contribution is 4.89. The molecule has 2 fully saturated rings. The van der Waals surface area contributed by atoms with Gasteiger partial charge in [-0.15, -0.1) is 0 Å². The number of rotatable bonds is 5. The van der Waals surface area contributed by atoms with Crippen molar-refractivity contribution in [3.63, 3.8) is 0 Å². The fraction of sp³-hybridized carbons (Fsp3) is 1.00. The summed E-state index contributed by atoms with van der Waals surface area (Å²) >= 11 is 0. The number of methoxy groups -OCH3 is 1. The molecule has 1 unspecified atom stereocenters. The molecule has 2 rings (SSSR count). The Bertz CT molecular complexity index is 229. The lowest BCUT2D eigenvalue weighted by Gasteiger charge is -2.45. The van der Waals surface area contributed by atoms with Gasteiger partial charge in [-0.2, -0.15) is 0 Å². The van der Waals surface area contributed by atoms with Gasteiger partial charge in [0.25, 0.3) is 0 Å². The molecule has 1 spiro atoms. The van der Waals surface area contributed by atoms with Crippen molar-refractivity contribution in [3.05, 3.63) is 0 Å². The van der Waals surface area contributed by atoms with Crippen LogP contribution in [0.15, 0.2) is 0 Å². The smallest absolute Gasteiger partial charge is 0.0628 e. The van der Waals surface area contributed by atoms with E-state index in [-0.39, 0.29) is 0 Å². The van der Waals surface area contributed by atoms with Crippen molar-refractivity contribution in [2.24, 2.45) is 5.41 Å². The van der Waals surface area contributed by atoms with E-state index >= 15 is 0 Å². The minimum atomic E-state index is 0.482. The zero-order chi connectivity index (χ0) is 12.8. The van der Waals surface area contributed by atoms with Crippen LogP contribution in [0, 0.1) is 5.41 Å². The minimum Gasteiger partial charge on any atom is -0.383 e. The van der Waals surface area contributed by atoms with E-state index in [4.69, 9.17) is 4.74 Å². The number of piperidine rings is 1. The van der Waals surface area contributed by atoms with E-state index < -0.39 is 0 Å². The summed E-state index contributed by atoms with van der Waals surface area (Å²) in [5.74, 6) is 0. The lowest BCUT2D eigenvalue weighted by atomic mass is 9.68. The monoisotopic (exact) mass is 254 g/mol. The first kappa shape index (κ1) is 14.3. The van der Waals surface area contributed by atoms with Crippen LogP contribution in [0.25, 0.3) is 0 Å². The first-order valence-electron chi connectivity index (χ1n) is 7.66. The highest BCUT2D eigenvalue weighted by Gasteiger charge is 2.35. The maximum absolute atomic E-state index is 5.26. The number of nitrogens with one attached hydrogen (secondary N) is 1. The average molecular weight is 254 g/mol. The topological polar surface area (TPSA) is 24.5 Å².